The molecule has 1 aliphatic rings. The largest absolute Gasteiger partial charge is 0.466 e. The van der Waals surface area contributed by atoms with Gasteiger partial charge in [-0.3, -0.25) is 4.79 Å². The molecule has 0 N–H and O–H groups in total. The number of ether oxygens (including phenoxy) is 1. The van der Waals surface area contributed by atoms with Crippen LogP contribution < -0.4 is 0 Å². The highest BCUT2D eigenvalue weighted by Crippen LogP contribution is 2.33. The highest BCUT2D eigenvalue weighted by Gasteiger charge is 2.38. The third-order valence-electron chi connectivity index (χ3n) is 3.30. The maximum absolute atomic E-state index is 11.5. The lowest BCUT2D eigenvalue weighted by Gasteiger charge is -2.30. The van der Waals surface area contributed by atoms with Gasteiger partial charge in [-0.15, -0.1) is 0 Å². The molecule has 1 saturated heterocycles. The lowest BCUT2D eigenvalue weighted by Crippen LogP contribution is -2.37. The minimum absolute atomic E-state index is 0.165. The first kappa shape index (κ1) is 18.4. The van der Waals surface area contributed by atoms with Crippen LogP contribution in [-0.4, -0.2) is 29.6 Å². The minimum atomic E-state index is -1.16. The van der Waals surface area contributed by atoms with Gasteiger partial charge in [-0.2, -0.15) is 9.78 Å². The van der Waals surface area contributed by atoms with Gasteiger partial charge in [0.2, 0.25) is 5.79 Å². The summed E-state index contributed by atoms with van der Waals surface area (Å²) in [4.78, 5) is 33.3. The quantitative estimate of drug-likeness (QED) is 0.586. The number of rotatable bonds is 4. The van der Waals surface area contributed by atoms with Gasteiger partial charge in [-0.1, -0.05) is 0 Å². The van der Waals surface area contributed by atoms with Crippen LogP contribution in [-0.2, 0) is 29.1 Å². The van der Waals surface area contributed by atoms with Crippen LogP contribution in [0, 0.1) is 0 Å². The van der Waals surface area contributed by atoms with E-state index in [1.165, 1.54) is 0 Å². The summed E-state index contributed by atoms with van der Waals surface area (Å²) < 4.78 is 4.91. The Balaban J connectivity index is 2.71. The van der Waals surface area contributed by atoms with Gasteiger partial charge in [0.05, 0.1) is 24.2 Å². The molecule has 1 fully saturated rings. The molecule has 0 aromatic heterocycles. The maximum atomic E-state index is 11.5. The topological polar surface area (TPSA) is 63.2 Å². The lowest BCUT2D eigenvalue weighted by molar-refractivity contribution is -0.532. The van der Waals surface area contributed by atoms with Gasteiger partial charge in [0.15, 0.2) is 0 Å². The molecule has 0 radical (unpaired) electrons. The number of esters is 1. The van der Waals surface area contributed by atoms with Crippen LogP contribution in [0.15, 0.2) is 0 Å². The fourth-order valence-electron chi connectivity index (χ4n) is 1.75. The Hall–Kier alpha value is -0.690. The molecule has 6 heteroatoms. The van der Waals surface area contributed by atoms with E-state index < -0.39 is 17.0 Å². The zero-order valence-corrected chi connectivity index (χ0v) is 14.0. The van der Waals surface area contributed by atoms with Crippen LogP contribution in [0.4, 0.5) is 0 Å². The molecule has 21 heavy (non-hydrogen) atoms. The van der Waals surface area contributed by atoms with Crippen molar-refractivity contribution in [2.45, 2.75) is 84.2 Å². The third kappa shape index (κ3) is 6.74. The molecule has 1 rings (SSSR count). The van der Waals surface area contributed by atoms with Crippen molar-refractivity contribution in [3.8, 4) is 0 Å². The molecule has 0 aromatic rings. The van der Waals surface area contributed by atoms with E-state index in [9.17, 15) is 4.79 Å². The molecule has 0 saturated carbocycles. The first-order chi connectivity index (χ1) is 9.58. The summed E-state index contributed by atoms with van der Waals surface area (Å²) in [6.45, 7) is 11.6. The molecular weight excluding hydrogens is 276 g/mol. The van der Waals surface area contributed by atoms with E-state index in [1.807, 2.05) is 27.7 Å². The third-order valence-corrected chi connectivity index (χ3v) is 3.30. The Kier molecular flexibility index (Phi) is 6.16. The van der Waals surface area contributed by atoms with Gasteiger partial charge in [0.1, 0.15) is 0 Å². The second kappa shape index (κ2) is 7.05. The monoisotopic (exact) mass is 304 g/mol. The molecular formula is C15H28O6. The van der Waals surface area contributed by atoms with Crippen molar-refractivity contribution in [3.05, 3.63) is 0 Å². The van der Waals surface area contributed by atoms with E-state index in [-0.39, 0.29) is 18.8 Å². The summed E-state index contributed by atoms with van der Waals surface area (Å²) in [5.41, 5.74) is -0.918. The van der Waals surface area contributed by atoms with Crippen LogP contribution in [0.3, 0.4) is 0 Å². The van der Waals surface area contributed by atoms with Crippen LogP contribution in [0.25, 0.3) is 0 Å². The summed E-state index contributed by atoms with van der Waals surface area (Å²) in [7, 11) is 0. The van der Waals surface area contributed by atoms with Gasteiger partial charge in [-0.25, -0.2) is 9.78 Å². The van der Waals surface area contributed by atoms with Crippen LogP contribution in [0.5, 0.6) is 0 Å². The van der Waals surface area contributed by atoms with Gasteiger partial charge in [-0.05, 0) is 54.4 Å². The van der Waals surface area contributed by atoms with Crippen molar-refractivity contribution in [1.29, 1.82) is 0 Å². The van der Waals surface area contributed by atoms with Gasteiger partial charge in [0.25, 0.3) is 0 Å². The van der Waals surface area contributed by atoms with Crippen molar-refractivity contribution >= 4 is 5.97 Å². The number of carbonyl (C=O) groups excluding carboxylic acids is 1. The predicted octanol–water partition coefficient (Wildman–Crippen LogP) is 3.29. The van der Waals surface area contributed by atoms with Gasteiger partial charge in [0, 0.05) is 6.42 Å². The first-order valence-electron chi connectivity index (χ1n) is 7.47. The Morgan fingerprint density at radius 2 is 1.43 bits per heavy atom. The van der Waals surface area contributed by atoms with E-state index in [1.54, 1.807) is 13.8 Å². The molecule has 0 bridgehead atoms. The summed E-state index contributed by atoms with van der Waals surface area (Å²) in [6.07, 6.45) is 1.96. The number of hydrogen-bond acceptors (Lipinski definition) is 6. The molecule has 0 amide bonds. The second-order valence-electron chi connectivity index (χ2n) is 6.79. The zero-order chi connectivity index (χ0) is 16.1. The Morgan fingerprint density at radius 3 is 1.86 bits per heavy atom. The van der Waals surface area contributed by atoms with E-state index in [4.69, 9.17) is 24.3 Å². The molecule has 0 spiro atoms. The summed E-state index contributed by atoms with van der Waals surface area (Å²) in [6, 6.07) is 0. The molecule has 0 aliphatic carbocycles. The Morgan fingerprint density at radius 1 is 0.952 bits per heavy atom. The normalized spacial score (nSPS) is 24.5. The van der Waals surface area contributed by atoms with Crippen LogP contribution in [0.2, 0.25) is 0 Å². The zero-order valence-electron chi connectivity index (χ0n) is 14.0. The summed E-state index contributed by atoms with van der Waals surface area (Å²) in [5, 5.41) is 0. The molecule has 6 nitrogen and oxygen atoms in total. The van der Waals surface area contributed by atoms with Crippen molar-refractivity contribution in [3.63, 3.8) is 0 Å². The van der Waals surface area contributed by atoms with Gasteiger partial charge >= 0.3 is 5.97 Å². The smallest absolute Gasteiger partial charge is 0.305 e. The van der Waals surface area contributed by atoms with E-state index >= 15 is 0 Å². The molecule has 0 aromatic carbocycles. The Labute approximate surface area is 126 Å². The first-order valence-corrected chi connectivity index (χ1v) is 7.47. The molecule has 1 heterocycles. The fourth-order valence-corrected chi connectivity index (χ4v) is 1.75. The average molecular weight is 304 g/mol. The van der Waals surface area contributed by atoms with Crippen LogP contribution >= 0.6 is 0 Å². The van der Waals surface area contributed by atoms with E-state index in [2.05, 4.69) is 0 Å². The van der Waals surface area contributed by atoms with Crippen LogP contribution in [0.1, 0.15) is 67.2 Å². The number of hydrogen-bond donors (Lipinski definition) is 0. The maximum Gasteiger partial charge on any atom is 0.305 e. The van der Waals surface area contributed by atoms with Gasteiger partial charge < -0.3 is 4.74 Å². The number of carbonyl (C=O) groups is 1. The van der Waals surface area contributed by atoms with E-state index in [0.29, 0.717) is 6.61 Å². The SMILES string of the molecule is CCOC(=O)CCC1(C)OOC(C)(C)CCC(C)(C)OO1. The van der Waals surface area contributed by atoms with Crippen molar-refractivity contribution in [2.24, 2.45) is 0 Å². The molecule has 1 aliphatic heterocycles. The standard InChI is InChI=1S/C15H28O6/c1-7-17-12(16)8-9-15(6)20-18-13(2,3)10-11-14(4,5)19-21-15/h7-11H2,1-6H3. The van der Waals surface area contributed by atoms with E-state index in [0.717, 1.165) is 12.8 Å². The summed E-state index contributed by atoms with van der Waals surface area (Å²) in [5.74, 6) is -1.46. The molecule has 124 valence electrons. The average Bonchev–Trinajstić information content (AvgIpc) is 2.43. The molecule has 0 atom stereocenters. The Bertz CT molecular complexity index is 330. The highest BCUT2D eigenvalue weighted by atomic mass is 17.3. The predicted molar refractivity (Wildman–Crippen MR) is 76.0 cm³/mol. The van der Waals surface area contributed by atoms with Crippen molar-refractivity contribution in [2.75, 3.05) is 6.61 Å². The van der Waals surface area contributed by atoms with Crippen molar-refractivity contribution in [1.82, 2.24) is 0 Å². The highest BCUT2D eigenvalue weighted by molar-refractivity contribution is 5.69. The fraction of sp³-hybridized carbons (Fsp3) is 0.933. The second-order valence-corrected chi connectivity index (χ2v) is 6.79. The minimum Gasteiger partial charge on any atom is -0.466 e. The molecule has 0 unspecified atom stereocenters. The lowest BCUT2D eigenvalue weighted by atomic mass is 9.94. The van der Waals surface area contributed by atoms with Crippen molar-refractivity contribution < 1.29 is 29.1 Å². The summed E-state index contributed by atoms with van der Waals surface area (Å²) >= 11 is 0.